The van der Waals surface area contributed by atoms with Gasteiger partial charge in [-0.25, -0.2) is 0 Å². The number of hydrogen-bond donors (Lipinski definition) is 0. The normalized spacial score (nSPS) is 11.8. The van der Waals surface area contributed by atoms with E-state index in [1.54, 1.807) is 31.7 Å². The number of nitrogens with zero attached hydrogens (tertiary/aromatic N) is 5. The molecule has 0 aliphatic heterocycles. The maximum atomic E-state index is 6.20. The van der Waals surface area contributed by atoms with Crippen LogP contribution < -0.4 is 0 Å². The van der Waals surface area contributed by atoms with Gasteiger partial charge >= 0.3 is 0 Å². The van der Waals surface area contributed by atoms with Gasteiger partial charge in [0, 0.05) is 32.2 Å². The lowest BCUT2D eigenvalue weighted by molar-refractivity contribution is -0.161. The van der Waals surface area contributed by atoms with Crippen molar-refractivity contribution >= 4 is 5.71 Å². The van der Waals surface area contributed by atoms with Crippen molar-refractivity contribution in [1.29, 1.82) is 0 Å². The highest BCUT2D eigenvalue weighted by Crippen LogP contribution is 2.23. The Morgan fingerprint density at radius 2 is 1.69 bits per heavy atom. The minimum Gasteiger partial charge on any atom is -0.292 e. The number of pyridine rings is 3. The van der Waals surface area contributed by atoms with Crippen LogP contribution in [0.5, 0.6) is 0 Å². The summed E-state index contributed by atoms with van der Waals surface area (Å²) in [5.74, 6) is -0.0729. The largest absolute Gasteiger partial charge is 0.292 e. The predicted octanol–water partition coefficient (Wildman–Crippen LogP) is 4.41. The molecule has 0 radical (unpaired) electrons. The molecule has 0 atom stereocenters. The summed E-state index contributed by atoms with van der Waals surface area (Å²) in [7, 11) is 1.77. The first kappa shape index (κ1) is 23.0. The van der Waals surface area contributed by atoms with E-state index >= 15 is 0 Å². The quantitative estimate of drug-likeness (QED) is 0.197. The number of hydrogen-bond acceptors (Lipinski definition) is 6. The SMILES string of the molecule is C=C=C/C=C\C(CN(CC(c1ccccn1)c1ccccn1)OCc1ccccn1)=NC. The van der Waals surface area contributed by atoms with Gasteiger partial charge in [-0.05, 0) is 48.6 Å². The molecule has 0 saturated heterocycles. The molecule has 162 valence electrons. The van der Waals surface area contributed by atoms with Crippen molar-refractivity contribution in [2.45, 2.75) is 12.5 Å². The Kier molecular flexibility index (Phi) is 9.24. The van der Waals surface area contributed by atoms with E-state index in [0.717, 1.165) is 22.8 Å². The van der Waals surface area contributed by atoms with Gasteiger partial charge in [-0.15, -0.1) is 5.73 Å². The fourth-order valence-corrected chi connectivity index (χ4v) is 3.12. The summed E-state index contributed by atoms with van der Waals surface area (Å²) in [6, 6.07) is 17.6. The summed E-state index contributed by atoms with van der Waals surface area (Å²) in [6.07, 6.45) is 10.9. The van der Waals surface area contributed by atoms with E-state index in [-0.39, 0.29) is 5.92 Å². The van der Waals surface area contributed by atoms with Crippen LogP contribution in [-0.2, 0) is 11.4 Å². The highest BCUT2D eigenvalue weighted by Gasteiger charge is 2.22. The van der Waals surface area contributed by atoms with E-state index in [2.05, 4.69) is 32.3 Å². The molecule has 6 heteroatoms. The molecule has 3 aromatic rings. The molecule has 3 aromatic heterocycles. The second-order valence-corrected chi connectivity index (χ2v) is 6.92. The Labute approximate surface area is 189 Å². The lowest BCUT2D eigenvalue weighted by Crippen LogP contribution is -2.34. The minimum absolute atomic E-state index is 0.0729. The van der Waals surface area contributed by atoms with Crippen molar-refractivity contribution < 1.29 is 4.84 Å². The average molecular weight is 426 g/mol. The summed E-state index contributed by atoms with van der Waals surface area (Å²) < 4.78 is 0. The monoisotopic (exact) mass is 425 g/mol. The van der Waals surface area contributed by atoms with E-state index in [9.17, 15) is 0 Å². The van der Waals surface area contributed by atoms with Gasteiger partial charge < -0.3 is 0 Å². The fraction of sp³-hybridized carbons (Fsp3) is 0.192. The Morgan fingerprint density at radius 1 is 1.03 bits per heavy atom. The molecule has 0 aliphatic carbocycles. The van der Waals surface area contributed by atoms with E-state index in [1.807, 2.05) is 71.8 Å². The Hall–Kier alpha value is -3.70. The molecule has 0 aromatic carbocycles. The molecule has 0 fully saturated rings. The lowest BCUT2D eigenvalue weighted by Gasteiger charge is -2.26. The maximum Gasteiger partial charge on any atom is 0.111 e. The van der Waals surface area contributed by atoms with Crippen molar-refractivity contribution in [2.24, 2.45) is 4.99 Å². The predicted molar refractivity (Wildman–Crippen MR) is 127 cm³/mol. The van der Waals surface area contributed by atoms with E-state index < -0.39 is 0 Å². The van der Waals surface area contributed by atoms with Gasteiger partial charge in [0.1, 0.15) is 6.61 Å². The molecule has 0 N–H and O–H groups in total. The van der Waals surface area contributed by atoms with Crippen molar-refractivity contribution in [3.8, 4) is 0 Å². The Bertz CT molecular complexity index is 1010. The molecular formula is C26H27N5O. The van der Waals surface area contributed by atoms with Crippen LogP contribution >= 0.6 is 0 Å². The van der Waals surface area contributed by atoms with Crippen LogP contribution in [0.4, 0.5) is 0 Å². The molecule has 6 nitrogen and oxygen atoms in total. The van der Waals surface area contributed by atoms with E-state index in [4.69, 9.17) is 4.84 Å². The van der Waals surface area contributed by atoms with Gasteiger partial charge in [0.2, 0.25) is 0 Å². The minimum atomic E-state index is -0.0729. The maximum absolute atomic E-state index is 6.20. The third kappa shape index (κ3) is 7.22. The van der Waals surface area contributed by atoms with Crippen molar-refractivity contribution in [3.63, 3.8) is 0 Å². The summed E-state index contributed by atoms with van der Waals surface area (Å²) in [4.78, 5) is 24.1. The highest BCUT2D eigenvalue weighted by molar-refractivity contribution is 5.96. The first-order valence-electron chi connectivity index (χ1n) is 10.4. The van der Waals surface area contributed by atoms with Crippen LogP contribution in [0, 0.1) is 0 Å². The van der Waals surface area contributed by atoms with Gasteiger partial charge in [0.05, 0.1) is 35.3 Å². The molecule has 0 aliphatic rings. The van der Waals surface area contributed by atoms with Crippen LogP contribution in [-0.4, -0.2) is 45.9 Å². The fourth-order valence-electron chi connectivity index (χ4n) is 3.12. The third-order valence-electron chi connectivity index (χ3n) is 4.73. The van der Waals surface area contributed by atoms with Crippen LogP contribution in [0.2, 0.25) is 0 Å². The zero-order valence-corrected chi connectivity index (χ0v) is 18.2. The number of hydroxylamine groups is 2. The molecular weight excluding hydrogens is 398 g/mol. The van der Waals surface area contributed by atoms with Crippen LogP contribution in [0.3, 0.4) is 0 Å². The smallest absolute Gasteiger partial charge is 0.111 e. The van der Waals surface area contributed by atoms with Crippen LogP contribution in [0.25, 0.3) is 0 Å². The number of aliphatic imine (C=N–C) groups is 1. The third-order valence-corrected chi connectivity index (χ3v) is 4.73. The second kappa shape index (κ2) is 12.9. The molecule has 0 unspecified atom stereocenters. The lowest BCUT2D eigenvalue weighted by atomic mass is 9.99. The summed E-state index contributed by atoms with van der Waals surface area (Å²) >= 11 is 0. The van der Waals surface area contributed by atoms with E-state index in [0.29, 0.717) is 19.7 Å². The van der Waals surface area contributed by atoms with E-state index in [1.165, 1.54) is 0 Å². The molecule has 3 heterocycles. The Balaban J connectivity index is 1.86. The van der Waals surface area contributed by atoms with Crippen molar-refractivity contribution in [2.75, 3.05) is 20.1 Å². The van der Waals surface area contributed by atoms with Crippen LogP contribution in [0.1, 0.15) is 23.0 Å². The zero-order valence-electron chi connectivity index (χ0n) is 18.2. The standard InChI is InChI=1S/C26H27N5O/c1-3-4-5-12-22(27-2)19-31(32-21-23-13-6-9-16-28-23)20-24(25-14-7-10-17-29-25)26-15-8-11-18-30-26/h4-18,24H,1,19-21H2,2H3/b12-5-,27-22?. The summed E-state index contributed by atoms with van der Waals surface area (Å²) in [5.41, 5.74) is 6.30. The summed E-state index contributed by atoms with van der Waals surface area (Å²) in [6.45, 7) is 4.97. The van der Waals surface area contributed by atoms with Crippen LogP contribution in [0.15, 0.2) is 109 Å². The Morgan fingerprint density at radius 3 is 2.22 bits per heavy atom. The summed E-state index contributed by atoms with van der Waals surface area (Å²) in [5, 5.41) is 1.90. The number of allylic oxidation sites excluding steroid dienone is 2. The van der Waals surface area contributed by atoms with Gasteiger partial charge in [-0.3, -0.25) is 24.8 Å². The topological polar surface area (TPSA) is 63.5 Å². The first-order valence-corrected chi connectivity index (χ1v) is 10.4. The molecule has 0 amide bonds. The highest BCUT2D eigenvalue weighted by atomic mass is 16.7. The molecule has 32 heavy (non-hydrogen) atoms. The van der Waals surface area contributed by atoms with Gasteiger partial charge in [0.15, 0.2) is 0 Å². The number of rotatable bonds is 11. The van der Waals surface area contributed by atoms with Gasteiger partial charge in [0.25, 0.3) is 0 Å². The number of aromatic nitrogens is 3. The molecule has 0 bridgehead atoms. The molecule has 0 saturated carbocycles. The first-order chi connectivity index (χ1) is 15.8. The van der Waals surface area contributed by atoms with Gasteiger partial charge in [-0.1, -0.05) is 30.9 Å². The van der Waals surface area contributed by atoms with Crippen molar-refractivity contribution in [3.05, 3.63) is 121 Å². The van der Waals surface area contributed by atoms with Gasteiger partial charge in [-0.2, -0.15) is 5.06 Å². The average Bonchev–Trinajstić information content (AvgIpc) is 2.86. The second-order valence-electron chi connectivity index (χ2n) is 6.92. The molecule has 3 rings (SSSR count). The molecule has 0 spiro atoms. The zero-order chi connectivity index (χ0) is 22.4. The van der Waals surface area contributed by atoms with Crippen molar-refractivity contribution in [1.82, 2.24) is 20.0 Å².